The van der Waals surface area contributed by atoms with E-state index < -0.39 is 29.5 Å². The molecule has 1 aliphatic rings. The minimum Gasteiger partial charge on any atom is -0.460 e. The van der Waals surface area contributed by atoms with Gasteiger partial charge in [0, 0.05) is 5.02 Å². The SMILES string of the molecule is C[C@H]([C@H](C(=O)Nc1cc(CC(C(=O)OC(C)(C)C)C2CCC2)ccc1Cl)c1ccc(Cl)cc1)C(F)(F)F. The van der Waals surface area contributed by atoms with Crippen molar-refractivity contribution < 1.29 is 27.5 Å². The van der Waals surface area contributed by atoms with Crippen molar-refractivity contribution >= 4 is 40.8 Å². The van der Waals surface area contributed by atoms with Crippen molar-refractivity contribution in [3.8, 4) is 0 Å². The molecule has 0 aliphatic heterocycles. The third-order valence-electron chi connectivity index (χ3n) is 6.70. The maximum Gasteiger partial charge on any atom is 0.392 e. The third-order valence-corrected chi connectivity index (χ3v) is 7.28. The van der Waals surface area contributed by atoms with Crippen LogP contribution in [0.15, 0.2) is 42.5 Å². The third kappa shape index (κ3) is 7.87. The van der Waals surface area contributed by atoms with Gasteiger partial charge in [-0.2, -0.15) is 13.2 Å². The first kappa shape index (κ1) is 29.3. The smallest absolute Gasteiger partial charge is 0.392 e. The van der Waals surface area contributed by atoms with Gasteiger partial charge >= 0.3 is 12.1 Å². The van der Waals surface area contributed by atoms with Gasteiger partial charge in [0.05, 0.1) is 28.5 Å². The van der Waals surface area contributed by atoms with Crippen LogP contribution in [0.3, 0.4) is 0 Å². The number of nitrogens with one attached hydrogen (secondary N) is 1. The van der Waals surface area contributed by atoms with Gasteiger partial charge in [-0.1, -0.05) is 54.7 Å². The summed E-state index contributed by atoms with van der Waals surface area (Å²) in [5.74, 6) is -4.74. The normalized spacial score (nSPS) is 16.9. The van der Waals surface area contributed by atoms with E-state index in [2.05, 4.69) is 5.32 Å². The first-order valence-corrected chi connectivity index (χ1v) is 13.1. The number of anilines is 1. The van der Waals surface area contributed by atoms with Crippen LogP contribution in [0.2, 0.25) is 10.0 Å². The van der Waals surface area contributed by atoms with Gasteiger partial charge in [0.15, 0.2) is 0 Å². The lowest BCUT2D eigenvalue weighted by Gasteiger charge is -2.34. The molecule has 1 N–H and O–H groups in total. The van der Waals surface area contributed by atoms with Crippen molar-refractivity contribution in [2.75, 3.05) is 5.32 Å². The lowest BCUT2D eigenvalue weighted by Crippen LogP contribution is -2.36. The molecule has 2 aromatic carbocycles. The summed E-state index contributed by atoms with van der Waals surface area (Å²) in [6, 6.07) is 10.7. The summed E-state index contributed by atoms with van der Waals surface area (Å²) in [7, 11) is 0. The Kier molecular flexibility index (Phi) is 9.23. The second kappa shape index (κ2) is 11.6. The van der Waals surface area contributed by atoms with Crippen LogP contribution in [0, 0.1) is 17.8 Å². The molecular formula is C28H32Cl2F3NO3. The summed E-state index contributed by atoms with van der Waals surface area (Å²) in [6.07, 6.45) is -1.32. The first-order chi connectivity index (χ1) is 17.2. The van der Waals surface area contributed by atoms with Crippen molar-refractivity contribution in [1.29, 1.82) is 0 Å². The van der Waals surface area contributed by atoms with Crippen molar-refractivity contribution in [2.24, 2.45) is 17.8 Å². The monoisotopic (exact) mass is 557 g/mol. The fourth-order valence-corrected chi connectivity index (χ4v) is 4.74. The van der Waals surface area contributed by atoms with Gasteiger partial charge in [0.2, 0.25) is 5.91 Å². The summed E-state index contributed by atoms with van der Waals surface area (Å²) in [4.78, 5) is 26.2. The predicted molar refractivity (Wildman–Crippen MR) is 140 cm³/mol. The standard InChI is InChI=1S/C28H32Cl2F3NO3/c1-16(28(31,32)33)24(19-9-11-20(29)12-10-19)25(35)34-23-15-17(8-13-22(23)30)14-21(18-6-5-7-18)26(36)37-27(2,3)4/h8-13,15-16,18,21,24H,5-7,14H2,1-4H3,(H,34,35)/t16-,21?,24+/m1/s1. The van der Waals surface area contributed by atoms with E-state index in [1.54, 1.807) is 18.2 Å². The molecule has 9 heteroatoms. The number of carbonyl (C=O) groups is 2. The van der Waals surface area contributed by atoms with Crippen LogP contribution in [0.5, 0.6) is 0 Å². The Morgan fingerprint density at radius 3 is 2.19 bits per heavy atom. The summed E-state index contributed by atoms with van der Waals surface area (Å²) in [5.41, 5.74) is 0.488. The number of rotatable bonds is 8. The van der Waals surface area contributed by atoms with Gasteiger partial charge in [-0.25, -0.2) is 0 Å². The zero-order chi connectivity index (χ0) is 27.5. The average molecular weight is 558 g/mol. The Morgan fingerprint density at radius 1 is 1.05 bits per heavy atom. The number of halogens is 5. The Labute approximate surface area is 225 Å². The molecule has 0 aromatic heterocycles. The van der Waals surface area contributed by atoms with Crippen LogP contribution in [-0.2, 0) is 20.7 Å². The van der Waals surface area contributed by atoms with Gasteiger partial charge in [0.1, 0.15) is 5.60 Å². The Hall–Kier alpha value is -2.25. The summed E-state index contributed by atoms with van der Waals surface area (Å²) < 4.78 is 46.7. The Bertz CT molecular complexity index is 1110. The molecule has 1 amide bonds. The Balaban J connectivity index is 1.86. The van der Waals surface area contributed by atoms with Crippen molar-refractivity contribution in [2.45, 2.75) is 71.1 Å². The molecule has 1 saturated carbocycles. The molecule has 202 valence electrons. The highest BCUT2D eigenvalue weighted by atomic mass is 35.5. The lowest BCUT2D eigenvalue weighted by molar-refractivity contribution is -0.178. The molecule has 0 radical (unpaired) electrons. The van der Waals surface area contributed by atoms with Crippen LogP contribution in [-0.4, -0.2) is 23.7 Å². The van der Waals surface area contributed by atoms with E-state index in [1.165, 1.54) is 24.3 Å². The summed E-state index contributed by atoms with van der Waals surface area (Å²) in [5, 5.41) is 3.13. The zero-order valence-corrected chi connectivity index (χ0v) is 22.8. The van der Waals surface area contributed by atoms with E-state index in [9.17, 15) is 22.8 Å². The van der Waals surface area contributed by atoms with Crippen LogP contribution in [0.4, 0.5) is 18.9 Å². The highest BCUT2D eigenvalue weighted by molar-refractivity contribution is 6.33. The molecule has 0 spiro atoms. The van der Waals surface area contributed by atoms with E-state index in [0.717, 1.165) is 31.7 Å². The Morgan fingerprint density at radius 2 is 1.68 bits per heavy atom. The second-order valence-corrected chi connectivity index (χ2v) is 11.5. The highest BCUT2D eigenvalue weighted by Crippen LogP contribution is 2.40. The number of carbonyl (C=O) groups excluding carboxylic acids is 2. The number of hydrogen-bond donors (Lipinski definition) is 1. The predicted octanol–water partition coefficient (Wildman–Crippen LogP) is 8.21. The maximum absolute atomic E-state index is 13.7. The molecule has 2 aromatic rings. The largest absolute Gasteiger partial charge is 0.460 e. The molecule has 37 heavy (non-hydrogen) atoms. The number of amides is 1. The molecule has 0 heterocycles. The molecule has 3 atom stereocenters. The van der Waals surface area contributed by atoms with Crippen molar-refractivity contribution in [3.63, 3.8) is 0 Å². The van der Waals surface area contributed by atoms with Gasteiger partial charge in [-0.15, -0.1) is 0 Å². The van der Waals surface area contributed by atoms with E-state index in [4.69, 9.17) is 27.9 Å². The molecule has 1 fully saturated rings. The number of esters is 1. The van der Waals surface area contributed by atoms with E-state index >= 15 is 0 Å². The zero-order valence-electron chi connectivity index (χ0n) is 21.3. The van der Waals surface area contributed by atoms with Crippen LogP contribution in [0.1, 0.15) is 64.0 Å². The quantitative estimate of drug-likeness (QED) is 0.332. The molecule has 1 unspecified atom stereocenters. The van der Waals surface area contributed by atoms with Crippen molar-refractivity contribution in [1.82, 2.24) is 0 Å². The molecule has 0 bridgehead atoms. The summed E-state index contributed by atoms with van der Waals surface area (Å²) in [6.45, 7) is 6.42. The fourth-order valence-electron chi connectivity index (χ4n) is 4.45. The minimum absolute atomic E-state index is 0.184. The van der Waals surface area contributed by atoms with Gasteiger partial charge in [0.25, 0.3) is 0 Å². The van der Waals surface area contributed by atoms with Crippen LogP contribution < -0.4 is 5.32 Å². The molecule has 4 nitrogen and oxygen atoms in total. The highest BCUT2D eigenvalue weighted by Gasteiger charge is 2.45. The second-order valence-electron chi connectivity index (χ2n) is 10.7. The number of ether oxygens (including phenoxy) is 1. The van der Waals surface area contributed by atoms with Crippen LogP contribution in [0.25, 0.3) is 0 Å². The number of hydrogen-bond acceptors (Lipinski definition) is 3. The van der Waals surface area contributed by atoms with E-state index in [-0.39, 0.29) is 34.1 Å². The maximum atomic E-state index is 13.7. The average Bonchev–Trinajstić information content (AvgIpc) is 2.74. The van der Waals surface area contributed by atoms with E-state index in [1.807, 2.05) is 20.8 Å². The number of alkyl halides is 3. The summed E-state index contributed by atoms with van der Waals surface area (Å²) >= 11 is 12.2. The minimum atomic E-state index is -4.60. The molecule has 3 rings (SSSR count). The van der Waals surface area contributed by atoms with Crippen LogP contribution >= 0.6 is 23.2 Å². The first-order valence-electron chi connectivity index (χ1n) is 12.3. The number of benzene rings is 2. The van der Waals surface area contributed by atoms with E-state index in [0.29, 0.717) is 11.4 Å². The van der Waals surface area contributed by atoms with Gasteiger partial charge < -0.3 is 10.1 Å². The fraction of sp³-hybridized carbons (Fsp3) is 0.500. The van der Waals surface area contributed by atoms with Gasteiger partial charge in [-0.05, 0) is 81.3 Å². The molecular weight excluding hydrogens is 526 g/mol. The van der Waals surface area contributed by atoms with Gasteiger partial charge in [-0.3, -0.25) is 9.59 Å². The lowest BCUT2D eigenvalue weighted by atomic mass is 9.73. The topological polar surface area (TPSA) is 55.4 Å². The molecule has 1 aliphatic carbocycles. The van der Waals surface area contributed by atoms with Crippen molar-refractivity contribution in [3.05, 3.63) is 63.6 Å². The molecule has 0 saturated heterocycles.